The molecule has 0 heterocycles. The van der Waals surface area contributed by atoms with E-state index in [1.807, 2.05) is 30.3 Å². The van der Waals surface area contributed by atoms with E-state index in [1.54, 1.807) is 11.9 Å². The standard InChI is InChI=1S/C14H22N2O/c1-14(2,3)10-16(4)13(17)12(15)11-8-6-5-7-9-11/h5-9,12H,10,15H2,1-4H3/t12-/m0/s1. The number of benzene rings is 1. The van der Waals surface area contributed by atoms with Crippen molar-refractivity contribution in [1.29, 1.82) is 0 Å². The smallest absolute Gasteiger partial charge is 0.243 e. The van der Waals surface area contributed by atoms with Gasteiger partial charge < -0.3 is 10.6 Å². The molecular weight excluding hydrogens is 212 g/mol. The van der Waals surface area contributed by atoms with E-state index >= 15 is 0 Å². The van der Waals surface area contributed by atoms with E-state index in [2.05, 4.69) is 20.8 Å². The summed E-state index contributed by atoms with van der Waals surface area (Å²) in [5.41, 5.74) is 6.91. The van der Waals surface area contributed by atoms with Crippen LogP contribution in [0.2, 0.25) is 0 Å². The summed E-state index contributed by atoms with van der Waals surface area (Å²) in [7, 11) is 1.80. The van der Waals surface area contributed by atoms with Crippen molar-refractivity contribution in [1.82, 2.24) is 4.90 Å². The Hall–Kier alpha value is -1.35. The van der Waals surface area contributed by atoms with E-state index in [-0.39, 0.29) is 11.3 Å². The van der Waals surface area contributed by atoms with Crippen molar-refractivity contribution in [2.75, 3.05) is 13.6 Å². The molecule has 3 nitrogen and oxygen atoms in total. The number of carbonyl (C=O) groups excluding carboxylic acids is 1. The van der Waals surface area contributed by atoms with Gasteiger partial charge in [-0.1, -0.05) is 51.1 Å². The second kappa shape index (κ2) is 5.32. The maximum Gasteiger partial charge on any atom is 0.243 e. The highest BCUT2D eigenvalue weighted by atomic mass is 16.2. The zero-order valence-corrected chi connectivity index (χ0v) is 11.1. The number of likely N-dealkylation sites (N-methyl/N-ethyl adjacent to an activating group) is 1. The van der Waals surface area contributed by atoms with Crippen LogP contribution in [0.1, 0.15) is 32.4 Å². The fraction of sp³-hybridized carbons (Fsp3) is 0.500. The summed E-state index contributed by atoms with van der Waals surface area (Å²) in [5, 5.41) is 0. The molecule has 17 heavy (non-hydrogen) atoms. The highest BCUT2D eigenvalue weighted by Crippen LogP contribution is 2.17. The van der Waals surface area contributed by atoms with E-state index in [0.29, 0.717) is 6.54 Å². The molecule has 0 bridgehead atoms. The fourth-order valence-electron chi connectivity index (χ4n) is 1.83. The molecule has 1 amide bonds. The van der Waals surface area contributed by atoms with Crippen molar-refractivity contribution in [2.24, 2.45) is 11.1 Å². The molecule has 0 radical (unpaired) electrons. The summed E-state index contributed by atoms with van der Waals surface area (Å²) in [6, 6.07) is 8.91. The predicted molar refractivity (Wildman–Crippen MR) is 70.5 cm³/mol. The van der Waals surface area contributed by atoms with Crippen LogP contribution < -0.4 is 5.73 Å². The van der Waals surface area contributed by atoms with Gasteiger partial charge in [-0.25, -0.2) is 0 Å². The summed E-state index contributed by atoms with van der Waals surface area (Å²) in [4.78, 5) is 13.8. The summed E-state index contributed by atoms with van der Waals surface area (Å²) in [6.45, 7) is 7.01. The van der Waals surface area contributed by atoms with Crippen molar-refractivity contribution in [3.8, 4) is 0 Å². The van der Waals surface area contributed by atoms with Crippen molar-refractivity contribution >= 4 is 5.91 Å². The summed E-state index contributed by atoms with van der Waals surface area (Å²) >= 11 is 0. The number of hydrogen-bond acceptors (Lipinski definition) is 2. The molecule has 0 aliphatic heterocycles. The molecule has 0 saturated carbocycles. The molecule has 0 spiro atoms. The molecule has 0 unspecified atom stereocenters. The average molecular weight is 234 g/mol. The van der Waals surface area contributed by atoms with Gasteiger partial charge in [-0.3, -0.25) is 4.79 Å². The first-order valence-electron chi connectivity index (χ1n) is 5.87. The second-order valence-corrected chi connectivity index (χ2v) is 5.64. The Kier molecular flexibility index (Phi) is 4.29. The zero-order chi connectivity index (χ0) is 13.1. The van der Waals surface area contributed by atoms with Gasteiger partial charge in [-0.2, -0.15) is 0 Å². The van der Waals surface area contributed by atoms with Crippen LogP contribution in [0.25, 0.3) is 0 Å². The quantitative estimate of drug-likeness (QED) is 0.871. The molecule has 0 saturated heterocycles. The third-order valence-corrected chi connectivity index (χ3v) is 2.51. The molecule has 3 heteroatoms. The molecule has 0 aliphatic rings. The lowest BCUT2D eigenvalue weighted by molar-refractivity contribution is -0.132. The maximum atomic E-state index is 12.1. The van der Waals surface area contributed by atoms with Crippen LogP contribution in [0, 0.1) is 5.41 Å². The minimum absolute atomic E-state index is 0.0360. The van der Waals surface area contributed by atoms with Crippen LogP contribution in [0.3, 0.4) is 0 Å². The van der Waals surface area contributed by atoms with Crippen LogP contribution in [-0.2, 0) is 4.79 Å². The third kappa shape index (κ3) is 4.19. The Morgan fingerprint density at radius 2 is 1.82 bits per heavy atom. The van der Waals surface area contributed by atoms with Crippen LogP contribution in [0.15, 0.2) is 30.3 Å². The molecule has 1 aromatic rings. The van der Waals surface area contributed by atoms with Gasteiger partial charge in [-0.05, 0) is 11.0 Å². The van der Waals surface area contributed by atoms with E-state index in [9.17, 15) is 4.79 Å². The van der Waals surface area contributed by atoms with Crippen LogP contribution >= 0.6 is 0 Å². The van der Waals surface area contributed by atoms with E-state index < -0.39 is 6.04 Å². The number of nitrogens with two attached hydrogens (primary N) is 1. The lowest BCUT2D eigenvalue weighted by Crippen LogP contribution is -2.40. The average Bonchev–Trinajstić information content (AvgIpc) is 2.26. The van der Waals surface area contributed by atoms with Gasteiger partial charge in [0.25, 0.3) is 0 Å². The normalized spacial score (nSPS) is 13.2. The molecule has 1 aromatic carbocycles. The summed E-state index contributed by atoms with van der Waals surface area (Å²) < 4.78 is 0. The zero-order valence-electron chi connectivity index (χ0n) is 11.1. The molecule has 0 aliphatic carbocycles. The first-order chi connectivity index (χ1) is 7.81. The first kappa shape index (κ1) is 13.7. The minimum atomic E-state index is -0.566. The summed E-state index contributed by atoms with van der Waals surface area (Å²) in [6.07, 6.45) is 0. The van der Waals surface area contributed by atoms with Gasteiger partial charge in [0.2, 0.25) is 5.91 Å². The van der Waals surface area contributed by atoms with Gasteiger partial charge in [0.15, 0.2) is 0 Å². The van der Waals surface area contributed by atoms with Gasteiger partial charge in [0.1, 0.15) is 6.04 Å². The van der Waals surface area contributed by atoms with Gasteiger partial charge in [0.05, 0.1) is 0 Å². The highest BCUT2D eigenvalue weighted by molar-refractivity contribution is 5.82. The predicted octanol–water partition coefficient (Wildman–Crippen LogP) is 2.19. The molecular formula is C14H22N2O. The maximum absolute atomic E-state index is 12.1. The molecule has 2 N–H and O–H groups in total. The van der Waals surface area contributed by atoms with Gasteiger partial charge in [0, 0.05) is 13.6 Å². The molecule has 1 rings (SSSR count). The number of rotatable bonds is 3. The van der Waals surface area contributed by atoms with E-state index in [0.717, 1.165) is 5.56 Å². The third-order valence-electron chi connectivity index (χ3n) is 2.51. The fourth-order valence-corrected chi connectivity index (χ4v) is 1.83. The largest absolute Gasteiger partial charge is 0.344 e. The van der Waals surface area contributed by atoms with Crippen molar-refractivity contribution in [3.63, 3.8) is 0 Å². The Morgan fingerprint density at radius 1 is 1.29 bits per heavy atom. The van der Waals surface area contributed by atoms with Crippen molar-refractivity contribution in [3.05, 3.63) is 35.9 Å². The number of hydrogen-bond donors (Lipinski definition) is 1. The van der Waals surface area contributed by atoms with Crippen molar-refractivity contribution in [2.45, 2.75) is 26.8 Å². The van der Waals surface area contributed by atoms with Gasteiger partial charge >= 0.3 is 0 Å². The number of carbonyl (C=O) groups is 1. The monoisotopic (exact) mass is 234 g/mol. The highest BCUT2D eigenvalue weighted by Gasteiger charge is 2.23. The Balaban J connectivity index is 2.71. The summed E-state index contributed by atoms with van der Waals surface area (Å²) in [5.74, 6) is -0.0360. The van der Waals surface area contributed by atoms with Crippen LogP contribution in [0.5, 0.6) is 0 Å². The molecule has 0 aromatic heterocycles. The molecule has 1 atom stereocenters. The first-order valence-corrected chi connectivity index (χ1v) is 5.87. The van der Waals surface area contributed by atoms with Crippen LogP contribution in [0.4, 0.5) is 0 Å². The Labute approximate surface area is 104 Å². The number of amides is 1. The Morgan fingerprint density at radius 3 is 2.29 bits per heavy atom. The van der Waals surface area contributed by atoms with Crippen molar-refractivity contribution < 1.29 is 4.79 Å². The number of nitrogens with zero attached hydrogens (tertiary/aromatic N) is 1. The van der Waals surface area contributed by atoms with E-state index in [4.69, 9.17) is 5.73 Å². The SMILES string of the molecule is CN(CC(C)(C)C)C(=O)[C@@H](N)c1ccccc1. The second-order valence-electron chi connectivity index (χ2n) is 5.64. The Bertz CT molecular complexity index is 368. The lowest BCUT2D eigenvalue weighted by Gasteiger charge is -2.28. The van der Waals surface area contributed by atoms with Gasteiger partial charge in [-0.15, -0.1) is 0 Å². The van der Waals surface area contributed by atoms with E-state index in [1.165, 1.54) is 0 Å². The molecule has 0 fully saturated rings. The molecule has 94 valence electrons. The van der Waals surface area contributed by atoms with Crippen LogP contribution in [-0.4, -0.2) is 24.4 Å². The minimum Gasteiger partial charge on any atom is -0.344 e. The lowest BCUT2D eigenvalue weighted by atomic mass is 9.95. The topological polar surface area (TPSA) is 46.3 Å².